The van der Waals surface area contributed by atoms with E-state index >= 15 is 0 Å². The Morgan fingerprint density at radius 3 is 2.85 bits per heavy atom. The summed E-state index contributed by atoms with van der Waals surface area (Å²) >= 11 is 0. The fraction of sp³-hybridized carbons (Fsp3) is 0.900. The van der Waals surface area contributed by atoms with Gasteiger partial charge in [0.15, 0.2) is 0 Å². The van der Waals surface area contributed by atoms with Gasteiger partial charge in [-0.05, 0) is 45.3 Å². The van der Waals surface area contributed by atoms with Crippen molar-refractivity contribution in [3.8, 4) is 6.07 Å². The Bertz CT molecular complexity index is 167. The molecule has 74 valence electrons. The Kier molecular flexibility index (Phi) is 4.81. The van der Waals surface area contributed by atoms with E-state index < -0.39 is 0 Å². The fourth-order valence-electron chi connectivity index (χ4n) is 1.64. The summed E-state index contributed by atoms with van der Waals surface area (Å²) in [6.07, 6.45) is 2.54. The lowest BCUT2D eigenvalue weighted by Crippen LogP contribution is -2.34. The van der Waals surface area contributed by atoms with Gasteiger partial charge in [0, 0.05) is 6.54 Å². The van der Waals surface area contributed by atoms with Gasteiger partial charge in [0.1, 0.15) is 0 Å². The number of nitriles is 1. The molecule has 1 heterocycles. The monoisotopic (exact) mass is 181 g/mol. The Morgan fingerprint density at radius 2 is 2.23 bits per heavy atom. The van der Waals surface area contributed by atoms with Gasteiger partial charge >= 0.3 is 0 Å². The number of rotatable bonds is 4. The molecule has 0 amide bonds. The molecule has 0 aliphatic carbocycles. The first kappa shape index (κ1) is 10.5. The van der Waals surface area contributed by atoms with Crippen LogP contribution in [0.15, 0.2) is 0 Å². The second kappa shape index (κ2) is 5.95. The third-order valence-corrected chi connectivity index (χ3v) is 2.56. The molecular formula is C10H19N3. The van der Waals surface area contributed by atoms with Crippen LogP contribution in [0.3, 0.4) is 0 Å². The van der Waals surface area contributed by atoms with Crippen LogP contribution in [-0.4, -0.2) is 26.2 Å². The molecule has 1 atom stereocenters. The highest BCUT2D eigenvalue weighted by molar-refractivity contribution is 4.80. The quantitative estimate of drug-likeness (QED) is 0.672. The Hall–Kier alpha value is -0.590. The Morgan fingerprint density at radius 1 is 1.54 bits per heavy atom. The summed E-state index contributed by atoms with van der Waals surface area (Å²) in [5, 5.41) is 15.3. The van der Waals surface area contributed by atoms with Crippen molar-refractivity contribution in [3.05, 3.63) is 0 Å². The highest BCUT2D eigenvalue weighted by atomic mass is 14.9. The first-order valence-electron chi connectivity index (χ1n) is 5.14. The van der Waals surface area contributed by atoms with E-state index in [0.717, 1.165) is 32.1 Å². The summed E-state index contributed by atoms with van der Waals surface area (Å²) in [5.41, 5.74) is 0. The lowest BCUT2D eigenvalue weighted by atomic mass is 9.98. The molecule has 0 aromatic rings. The molecule has 1 fully saturated rings. The molecule has 1 saturated heterocycles. The summed E-state index contributed by atoms with van der Waals surface area (Å²) < 4.78 is 0. The van der Waals surface area contributed by atoms with Crippen molar-refractivity contribution in [2.75, 3.05) is 26.2 Å². The fourth-order valence-corrected chi connectivity index (χ4v) is 1.64. The zero-order valence-electron chi connectivity index (χ0n) is 8.34. The first-order chi connectivity index (χ1) is 6.33. The molecule has 0 aromatic heterocycles. The van der Waals surface area contributed by atoms with Crippen molar-refractivity contribution in [2.24, 2.45) is 11.8 Å². The van der Waals surface area contributed by atoms with Crippen molar-refractivity contribution < 1.29 is 0 Å². The molecule has 13 heavy (non-hydrogen) atoms. The zero-order valence-corrected chi connectivity index (χ0v) is 8.34. The van der Waals surface area contributed by atoms with E-state index in [2.05, 4.69) is 16.7 Å². The molecule has 1 rings (SSSR count). The van der Waals surface area contributed by atoms with Crippen molar-refractivity contribution >= 4 is 0 Å². The lowest BCUT2D eigenvalue weighted by Gasteiger charge is -2.22. The van der Waals surface area contributed by atoms with Crippen LogP contribution in [0, 0.1) is 23.2 Å². The Balaban J connectivity index is 2.02. The van der Waals surface area contributed by atoms with Crippen LogP contribution in [0.2, 0.25) is 0 Å². The van der Waals surface area contributed by atoms with E-state index in [1.54, 1.807) is 0 Å². The third-order valence-electron chi connectivity index (χ3n) is 2.56. The van der Waals surface area contributed by atoms with Gasteiger partial charge in [-0.2, -0.15) is 5.26 Å². The van der Waals surface area contributed by atoms with Gasteiger partial charge < -0.3 is 10.6 Å². The van der Waals surface area contributed by atoms with Crippen molar-refractivity contribution in [3.63, 3.8) is 0 Å². The number of piperidine rings is 1. The molecule has 0 bridgehead atoms. The van der Waals surface area contributed by atoms with Crippen LogP contribution in [0.4, 0.5) is 0 Å². The topological polar surface area (TPSA) is 47.9 Å². The Labute approximate surface area is 80.5 Å². The minimum Gasteiger partial charge on any atom is -0.317 e. The number of nitrogens with one attached hydrogen (secondary N) is 2. The summed E-state index contributed by atoms with van der Waals surface area (Å²) in [6, 6.07) is 2.23. The average molecular weight is 181 g/mol. The minimum atomic E-state index is 0.140. The molecule has 0 spiro atoms. The van der Waals surface area contributed by atoms with Crippen LogP contribution in [0.5, 0.6) is 0 Å². The summed E-state index contributed by atoms with van der Waals surface area (Å²) in [5.74, 6) is 0.953. The summed E-state index contributed by atoms with van der Waals surface area (Å²) in [6.45, 7) is 6.17. The third kappa shape index (κ3) is 4.25. The maximum absolute atomic E-state index is 8.57. The predicted octanol–water partition coefficient (Wildman–Crippen LogP) is 0.735. The van der Waals surface area contributed by atoms with E-state index in [-0.39, 0.29) is 5.92 Å². The molecular weight excluding hydrogens is 162 g/mol. The van der Waals surface area contributed by atoms with E-state index in [1.165, 1.54) is 12.8 Å². The molecule has 3 nitrogen and oxygen atoms in total. The highest BCUT2D eigenvalue weighted by Gasteiger charge is 2.12. The van der Waals surface area contributed by atoms with Crippen LogP contribution < -0.4 is 10.6 Å². The van der Waals surface area contributed by atoms with E-state index in [4.69, 9.17) is 5.26 Å². The van der Waals surface area contributed by atoms with Crippen LogP contribution in [0.1, 0.15) is 19.8 Å². The van der Waals surface area contributed by atoms with Gasteiger partial charge in [-0.3, -0.25) is 0 Å². The molecule has 3 heteroatoms. The SMILES string of the molecule is CC(C#N)CNCC1CCNCC1. The minimum absolute atomic E-state index is 0.140. The van der Waals surface area contributed by atoms with E-state index in [1.807, 2.05) is 6.92 Å². The zero-order chi connectivity index (χ0) is 9.52. The van der Waals surface area contributed by atoms with Gasteiger partial charge in [0.2, 0.25) is 0 Å². The number of hydrogen-bond donors (Lipinski definition) is 2. The normalized spacial score (nSPS) is 20.9. The van der Waals surface area contributed by atoms with Crippen molar-refractivity contribution in [2.45, 2.75) is 19.8 Å². The van der Waals surface area contributed by atoms with Gasteiger partial charge in [-0.1, -0.05) is 0 Å². The van der Waals surface area contributed by atoms with Crippen LogP contribution in [-0.2, 0) is 0 Å². The second-order valence-electron chi connectivity index (χ2n) is 3.88. The van der Waals surface area contributed by atoms with Crippen LogP contribution in [0.25, 0.3) is 0 Å². The maximum Gasteiger partial charge on any atom is 0.0666 e. The molecule has 0 radical (unpaired) electrons. The largest absolute Gasteiger partial charge is 0.317 e. The molecule has 1 aliphatic rings. The lowest BCUT2D eigenvalue weighted by molar-refractivity contribution is 0.353. The van der Waals surface area contributed by atoms with E-state index in [9.17, 15) is 0 Å². The summed E-state index contributed by atoms with van der Waals surface area (Å²) in [7, 11) is 0. The highest BCUT2D eigenvalue weighted by Crippen LogP contribution is 2.09. The number of nitrogens with zero attached hydrogens (tertiary/aromatic N) is 1. The van der Waals surface area contributed by atoms with Gasteiger partial charge in [0.05, 0.1) is 12.0 Å². The second-order valence-corrected chi connectivity index (χ2v) is 3.88. The van der Waals surface area contributed by atoms with Gasteiger partial charge in [-0.15, -0.1) is 0 Å². The van der Waals surface area contributed by atoms with Crippen molar-refractivity contribution in [1.82, 2.24) is 10.6 Å². The standard InChI is InChI=1S/C10H19N3/c1-9(6-11)7-13-8-10-2-4-12-5-3-10/h9-10,12-13H,2-5,7-8H2,1H3. The molecule has 1 aliphatic heterocycles. The molecule has 0 saturated carbocycles. The predicted molar refractivity (Wildman–Crippen MR) is 53.2 cm³/mol. The van der Waals surface area contributed by atoms with Gasteiger partial charge in [-0.25, -0.2) is 0 Å². The van der Waals surface area contributed by atoms with Gasteiger partial charge in [0.25, 0.3) is 0 Å². The average Bonchev–Trinajstić information content (AvgIpc) is 2.19. The smallest absolute Gasteiger partial charge is 0.0666 e. The van der Waals surface area contributed by atoms with Crippen molar-refractivity contribution in [1.29, 1.82) is 5.26 Å². The molecule has 1 unspecified atom stereocenters. The number of hydrogen-bond acceptors (Lipinski definition) is 3. The van der Waals surface area contributed by atoms with E-state index in [0.29, 0.717) is 0 Å². The molecule has 0 aromatic carbocycles. The van der Waals surface area contributed by atoms with Crippen LogP contribution >= 0.6 is 0 Å². The molecule has 2 N–H and O–H groups in total. The first-order valence-corrected chi connectivity index (χ1v) is 5.14. The maximum atomic E-state index is 8.57. The summed E-state index contributed by atoms with van der Waals surface area (Å²) in [4.78, 5) is 0.